The summed E-state index contributed by atoms with van der Waals surface area (Å²) in [6.07, 6.45) is 1.41. The second-order valence-electron chi connectivity index (χ2n) is 3.75. The highest BCUT2D eigenvalue weighted by atomic mass is 16.4. The zero-order chi connectivity index (χ0) is 13.4. The number of nitrogens with two attached hydrogens (primary N) is 1. The SMILES string of the molecule is CCCC[C@H](N)C(=O)N[C@@H](CC(=O)O)C(=O)O. The Bertz CT molecular complexity index is 292. The molecule has 2 atom stereocenters. The number of carboxylic acids is 2. The fourth-order valence-corrected chi connectivity index (χ4v) is 1.21. The van der Waals surface area contributed by atoms with Gasteiger partial charge in [-0.3, -0.25) is 9.59 Å². The fraction of sp³-hybridized carbons (Fsp3) is 0.700. The Morgan fingerprint density at radius 2 is 1.88 bits per heavy atom. The highest BCUT2D eigenvalue weighted by molar-refractivity contribution is 5.88. The van der Waals surface area contributed by atoms with Crippen molar-refractivity contribution in [3.63, 3.8) is 0 Å². The second-order valence-corrected chi connectivity index (χ2v) is 3.75. The molecule has 0 aliphatic carbocycles. The van der Waals surface area contributed by atoms with E-state index in [0.717, 1.165) is 12.8 Å². The van der Waals surface area contributed by atoms with Crippen LogP contribution in [0.25, 0.3) is 0 Å². The van der Waals surface area contributed by atoms with E-state index < -0.39 is 36.4 Å². The van der Waals surface area contributed by atoms with Crippen LogP contribution in [-0.2, 0) is 14.4 Å². The minimum atomic E-state index is -1.44. The Kier molecular flexibility index (Phi) is 6.88. The molecule has 0 fully saturated rings. The molecule has 0 aliphatic rings. The van der Waals surface area contributed by atoms with E-state index in [1.807, 2.05) is 6.92 Å². The number of carbonyl (C=O) groups is 3. The van der Waals surface area contributed by atoms with Crippen LogP contribution in [0.3, 0.4) is 0 Å². The van der Waals surface area contributed by atoms with Crippen molar-refractivity contribution in [1.29, 1.82) is 0 Å². The maximum Gasteiger partial charge on any atom is 0.326 e. The van der Waals surface area contributed by atoms with Gasteiger partial charge >= 0.3 is 11.9 Å². The highest BCUT2D eigenvalue weighted by Gasteiger charge is 2.25. The van der Waals surface area contributed by atoms with Gasteiger partial charge in [0.05, 0.1) is 12.5 Å². The van der Waals surface area contributed by atoms with E-state index in [2.05, 4.69) is 5.32 Å². The molecule has 0 aromatic rings. The molecule has 0 bridgehead atoms. The molecule has 7 nitrogen and oxygen atoms in total. The zero-order valence-corrected chi connectivity index (χ0v) is 9.68. The van der Waals surface area contributed by atoms with Crippen molar-refractivity contribution in [3.8, 4) is 0 Å². The summed E-state index contributed by atoms with van der Waals surface area (Å²) in [6.45, 7) is 1.94. The van der Waals surface area contributed by atoms with Crippen LogP contribution in [0.2, 0.25) is 0 Å². The quantitative estimate of drug-likeness (QED) is 0.459. The number of aliphatic carboxylic acids is 2. The number of amides is 1. The maximum atomic E-state index is 11.5. The van der Waals surface area contributed by atoms with E-state index in [1.54, 1.807) is 0 Å². The Labute approximate surface area is 99.0 Å². The maximum absolute atomic E-state index is 11.5. The summed E-state index contributed by atoms with van der Waals surface area (Å²) >= 11 is 0. The topological polar surface area (TPSA) is 130 Å². The minimum absolute atomic E-state index is 0.446. The number of hydrogen-bond acceptors (Lipinski definition) is 4. The van der Waals surface area contributed by atoms with Crippen LogP contribution in [0.5, 0.6) is 0 Å². The van der Waals surface area contributed by atoms with Gasteiger partial charge in [0.15, 0.2) is 0 Å². The van der Waals surface area contributed by atoms with Gasteiger partial charge in [0.1, 0.15) is 6.04 Å². The van der Waals surface area contributed by atoms with Gasteiger partial charge in [0, 0.05) is 0 Å². The molecule has 0 spiro atoms. The normalized spacial score (nSPS) is 13.8. The van der Waals surface area contributed by atoms with Crippen molar-refractivity contribution in [2.75, 3.05) is 0 Å². The molecule has 0 saturated heterocycles. The molecule has 0 aliphatic heterocycles. The average molecular weight is 246 g/mol. The van der Waals surface area contributed by atoms with Crippen LogP contribution in [0.4, 0.5) is 0 Å². The molecule has 5 N–H and O–H groups in total. The monoisotopic (exact) mass is 246 g/mol. The van der Waals surface area contributed by atoms with Crippen LogP contribution in [0.1, 0.15) is 32.6 Å². The van der Waals surface area contributed by atoms with E-state index in [-0.39, 0.29) is 0 Å². The first-order chi connectivity index (χ1) is 7.88. The van der Waals surface area contributed by atoms with E-state index >= 15 is 0 Å². The lowest BCUT2D eigenvalue weighted by Crippen LogP contribution is -2.49. The summed E-state index contributed by atoms with van der Waals surface area (Å²) in [7, 11) is 0. The predicted molar refractivity (Wildman–Crippen MR) is 59.3 cm³/mol. The van der Waals surface area contributed by atoms with Gasteiger partial charge in [-0.05, 0) is 6.42 Å². The fourth-order valence-electron chi connectivity index (χ4n) is 1.21. The average Bonchev–Trinajstić information content (AvgIpc) is 2.23. The van der Waals surface area contributed by atoms with Gasteiger partial charge in [0.25, 0.3) is 0 Å². The molecule has 0 radical (unpaired) electrons. The third-order valence-electron chi connectivity index (χ3n) is 2.20. The van der Waals surface area contributed by atoms with Crippen LogP contribution in [0, 0.1) is 0 Å². The molecule has 98 valence electrons. The largest absolute Gasteiger partial charge is 0.481 e. The summed E-state index contributed by atoms with van der Waals surface area (Å²) in [5, 5.41) is 19.3. The first-order valence-corrected chi connectivity index (χ1v) is 5.39. The molecule has 0 unspecified atom stereocenters. The first kappa shape index (κ1) is 15.4. The Morgan fingerprint density at radius 3 is 2.29 bits per heavy atom. The standard InChI is InChI=1S/C10H18N2O5/c1-2-3-4-6(11)9(15)12-7(10(16)17)5-8(13)14/h6-7H,2-5,11H2,1H3,(H,12,15)(H,13,14)(H,16,17)/t6-,7-/m0/s1. The molecular formula is C10H18N2O5. The molecule has 0 aromatic carbocycles. The van der Waals surface area contributed by atoms with Crippen molar-refractivity contribution in [2.24, 2.45) is 5.73 Å². The van der Waals surface area contributed by atoms with Crippen LogP contribution >= 0.6 is 0 Å². The number of rotatable bonds is 8. The van der Waals surface area contributed by atoms with Crippen LogP contribution < -0.4 is 11.1 Å². The van der Waals surface area contributed by atoms with E-state index in [0.29, 0.717) is 6.42 Å². The van der Waals surface area contributed by atoms with Gasteiger partial charge < -0.3 is 21.3 Å². The summed E-state index contributed by atoms with van der Waals surface area (Å²) in [6, 6.07) is -2.24. The third-order valence-corrected chi connectivity index (χ3v) is 2.20. The van der Waals surface area contributed by atoms with Crippen molar-refractivity contribution in [3.05, 3.63) is 0 Å². The third kappa shape index (κ3) is 6.52. The zero-order valence-electron chi connectivity index (χ0n) is 9.68. The Hall–Kier alpha value is -1.63. The number of carbonyl (C=O) groups excluding carboxylic acids is 1. The lowest BCUT2D eigenvalue weighted by molar-refractivity contribution is -0.147. The molecule has 0 saturated carbocycles. The molecule has 0 heterocycles. The van der Waals surface area contributed by atoms with Crippen molar-refractivity contribution < 1.29 is 24.6 Å². The van der Waals surface area contributed by atoms with Crippen molar-refractivity contribution >= 4 is 17.8 Å². The van der Waals surface area contributed by atoms with Gasteiger partial charge in [-0.25, -0.2) is 4.79 Å². The van der Waals surface area contributed by atoms with Gasteiger partial charge in [-0.1, -0.05) is 19.8 Å². The van der Waals surface area contributed by atoms with E-state index in [4.69, 9.17) is 15.9 Å². The van der Waals surface area contributed by atoms with Crippen LogP contribution in [-0.4, -0.2) is 40.1 Å². The lowest BCUT2D eigenvalue weighted by Gasteiger charge is -2.16. The second kappa shape index (κ2) is 7.61. The lowest BCUT2D eigenvalue weighted by atomic mass is 10.1. The van der Waals surface area contributed by atoms with E-state index in [9.17, 15) is 14.4 Å². The van der Waals surface area contributed by atoms with Crippen molar-refractivity contribution in [1.82, 2.24) is 5.32 Å². The summed E-state index contributed by atoms with van der Waals surface area (Å²) in [5.74, 6) is -3.31. The summed E-state index contributed by atoms with van der Waals surface area (Å²) in [4.78, 5) is 32.5. The molecule has 0 rings (SSSR count). The summed E-state index contributed by atoms with van der Waals surface area (Å²) < 4.78 is 0. The Morgan fingerprint density at radius 1 is 1.29 bits per heavy atom. The number of carboxylic acid groups (broad SMARTS) is 2. The smallest absolute Gasteiger partial charge is 0.326 e. The Balaban J connectivity index is 4.29. The minimum Gasteiger partial charge on any atom is -0.481 e. The van der Waals surface area contributed by atoms with Crippen LogP contribution in [0.15, 0.2) is 0 Å². The molecule has 7 heteroatoms. The van der Waals surface area contributed by atoms with Gasteiger partial charge in [0.2, 0.25) is 5.91 Å². The molecule has 17 heavy (non-hydrogen) atoms. The molecular weight excluding hydrogens is 228 g/mol. The molecule has 0 aromatic heterocycles. The number of hydrogen-bond donors (Lipinski definition) is 4. The summed E-state index contributed by atoms with van der Waals surface area (Å²) in [5.41, 5.74) is 5.53. The van der Waals surface area contributed by atoms with Gasteiger partial charge in [-0.15, -0.1) is 0 Å². The van der Waals surface area contributed by atoms with Gasteiger partial charge in [-0.2, -0.15) is 0 Å². The first-order valence-electron chi connectivity index (χ1n) is 5.39. The highest BCUT2D eigenvalue weighted by Crippen LogP contribution is 2.00. The molecule has 1 amide bonds. The van der Waals surface area contributed by atoms with E-state index in [1.165, 1.54) is 0 Å². The number of nitrogens with one attached hydrogen (secondary N) is 1. The number of unbranched alkanes of at least 4 members (excludes halogenated alkanes) is 1. The van der Waals surface area contributed by atoms with Crippen molar-refractivity contribution in [2.45, 2.75) is 44.7 Å². The predicted octanol–water partition coefficient (Wildman–Crippen LogP) is -0.452.